The first kappa shape index (κ1) is 93.5. The SMILES string of the molecule is C.C.C.CC(=O)Nc1ccc(C(=O)Oc2ccccc2)cc1C.CC(F)(F)F.CCl.CNC(=O)C1CCCCC1.CNC(=O)c1ccc(C(=O)OC(C)C)cc1C.CNC(=O)c1ccc(C(=O)OC)cc1C.CNC(=O)c1ccc(C(=O)OC)cc1C.CNC(=O)c1ccccc1. The first-order chi connectivity index (χ1) is 44.4. The molecule has 0 radical (unpaired) electrons. The summed E-state index contributed by atoms with van der Waals surface area (Å²) in [6, 6.07) is 37.5. The molecule has 1 saturated carbocycles. The second-order valence-electron chi connectivity index (χ2n) is 20.4. The topological polar surface area (TPSA) is 280 Å². The van der Waals surface area contributed by atoms with Gasteiger partial charge in [0.2, 0.25) is 11.8 Å². The van der Waals surface area contributed by atoms with Gasteiger partial charge in [0.15, 0.2) is 0 Å². The lowest BCUT2D eigenvalue weighted by Crippen LogP contribution is -2.28. The predicted octanol–water partition coefficient (Wildman–Crippen LogP) is 14.1. The summed E-state index contributed by atoms with van der Waals surface area (Å²) in [5.41, 5.74) is 7.93. The van der Waals surface area contributed by atoms with Gasteiger partial charge in [-0.05, 0) is 174 Å². The van der Waals surface area contributed by atoms with Crippen molar-refractivity contribution in [2.75, 3.05) is 61.2 Å². The number of hydrogen-bond donors (Lipinski definition) is 6. The van der Waals surface area contributed by atoms with Crippen LogP contribution in [-0.2, 0) is 23.8 Å². The molecule has 0 saturated heterocycles. The summed E-state index contributed by atoms with van der Waals surface area (Å²) in [4.78, 5) is 113. The van der Waals surface area contributed by atoms with E-state index >= 15 is 0 Å². The van der Waals surface area contributed by atoms with E-state index < -0.39 is 24.1 Å². The molecule has 6 amide bonds. The van der Waals surface area contributed by atoms with Crippen LogP contribution in [0.4, 0.5) is 18.9 Å². The number of benzene rings is 6. The molecule has 0 spiro atoms. The highest BCUT2D eigenvalue weighted by Gasteiger charge is 2.20. The van der Waals surface area contributed by atoms with Crippen molar-refractivity contribution >= 4 is 76.6 Å². The zero-order chi connectivity index (χ0) is 71.7. The molecular formula is C73H100ClF3N6O14. The van der Waals surface area contributed by atoms with E-state index in [2.05, 4.69) is 53.0 Å². The summed E-state index contributed by atoms with van der Waals surface area (Å²) in [5, 5.41) is 15.5. The Morgan fingerprint density at radius 1 is 0.464 bits per heavy atom. The summed E-state index contributed by atoms with van der Waals surface area (Å²) in [7, 11) is 10.7. The molecule has 0 aromatic heterocycles. The van der Waals surface area contributed by atoms with Crippen LogP contribution < -0.4 is 36.6 Å². The molecule has 0 unspecified atom stereocenters. The molecule has 0 aliphatic heterocycles. The van der Waals surface area contributed by atoms with E-state index in [4.69, 9.17) is 9.47 Å². The fourth-order valence-corrected chi connectivity index (χ4v) is 8.14. The number of ether oxygens (including phenoxy) is 4. The Kier molecular flexibility index (Phi) is 48.7. The van der Waals surface area contributed by atoms with Crippen LogP contribution in [0.5, 0.6) is 5.75 Å². The number of nitrogens with one attached hydrogen (secondary N) is 6. The molecule has 1 fully saturated rings. The van der Waals surface area contributed by atoms with Crippen molar-refractivity contribution in [3.63, 3.8) is 0 Å². The predicted molar refractivity (Wildman–Crippen MR) is 378 cm³/mol. The van der Waals surface area contributed by atoms with Crippen LogP contribution in [0.15, 0.2) is 133 Å². The highest BCUT2D eigenvalue weighted by molar-refractivity contribution is 6.15. The minimum atomic E-state index is -4.00. The Balaban J connectivity index is -0.000000528. The zero-order valence-electron chi connectivity index (χ0n) is 56.1. The molecule has 6 aromatic carbocycles. The van der Waals surface area contributed by atoms with Crippen molar-refractivity contribution < 1.29 is 80.1 Å². The summed E-state index contributed by atoms with van der Waals surface area (Å²) in [5.74, 6) is -1.21. The fraction of sp³-hybridized carbons (Fsp3) is 0.370. The number of hydrogen-bond acceptors (Lipinski definition) is 14. The summed E-state index contributed by atoms with van der Waals surface area (Å²) in [6.07, 6.45) is 3.30. The number of methoxy groups -OCH3 is 2. The largest absolute Gasteiger partial charge is 0.465 e. The maximum Gasteiger partial charge on any atom is 0.386 e. The lowest BCUT2D eigenvalue weighted by atomic mass is 9.89. The van der Waals surface area contributed by atoms with Crippen LogP contribution in [0.2, 0.25) is 0 Å². The Morgan fingerprint density at radius 3 is 1.12 bits per heavy atom. The Hall–Kier alpha value is -9.90. The number of esters is 4. The molecule has 0 heterocycles. The Labute approximate surface area is 575 Å². The van der Waals surface area contributed by atoms with Crippen molar-refractivity contribution in [3.05, 3.63) is 200 Å². The Bertz CT molecular complexity index is 3330. The van der Waals surface area contributed by atoms with Gasteiger partial charge >= 0.3 is 30.1 Å². The number of amides is 6. The van der Waals surface area contributed by atoms with Gasteiger partial charge in [-0.2, -0.15) is 13.2 Å². The van der Waals surface area contributed by atoms with Crippen LogP contribution in [-0.4, -0.2) is 127 Å². The third-order valence-electron chi connectivity index (χ3n) is 12.7. The summed E-state index contributed by atoms with van der Waals surface area (Å²) >= 11 is 4.64. The monoisotopic (exact) mass is 1380 g/mol. The number of para-hydroxylation sites is 1. The maximum absolute atomic E-state index is 12.0. The molecule has 20 nitrogen and oxygen atoms in total. The zero-order valence-corrected chi connectivity index (χ0v) is 56.9. The molecule has 24 heteroatoms. The number of rotatable bonds is 12. The third kappa shape index (κ3) is 37.1. The summed E-state index contributed by atoms with van der Waals surface area (Å²) in [6.45, 7) is 12.4. The second-order valence-corrected chi connectivity index (χ2v) is 20.4. The van der Waals surface area contributed by atoms with E-state index in [0.717, 1.165) is 35.1 Å². The first-order valence-corrected chi connectivity index (χ1v) is 30.1. The third-order valence-corrected chi connectivity index (χ3v) is 12.7. The normalized spacial score (nSPS) is 10.5. The maximum atomic E-state index is 12.0. The molecule has 6 aromatic rings. The van der Waals surface area contributed by atoms with Crippen molar-refractivity contribution in [1.29, 1.82) is 0 Å². The number of halogens is 4. The number of carbonyl (C=O) groups excluding carboxylic acids is 10. The molecule has 1 aliphatic carbocycles. The average Bonchev–Trinajstić information content (AvgIpc) is 0.875. The van der Waals surface area contributed by atoms with E-state index in [1.165, 1.54) is 46.8 Å². The van der Waals surface area contributed by atoms with Gasteiger partial charge in [-0.3, -0.25) is 28.8 Å². The van der Waals surface area contributed by atoms with E-state index in [1.54, 1.807) is 179 Å². The number of alkyl halides is 4. The van der Waals surface area contributed by atoms with Crippen molar-refractivity contribution in [1.82, 2.24) is 26.6 Å². The molecule has 6 N–H and O–H groups in total. The fourth-order valence-electron chi connectivity index (χ4n) is 8.14. The van der Waals surface area contributed by atoms with Crippen LogP contribution in [0.25, 0.3) is 0 Å². The van der Waals surface area contributed by atoms with Gasteiger partial charge < -0.3 is 50.8 Å². The van der Waals surface area contributed by atoms with E-state index in [0.29, 0.717) is 61.9 Å². The minimum absolute atomic E-state index is 0. The van der Waals surface area contributed by atoms with Crippen LogP contribution in [0.3, 0.4) is 0 Å². The molecule has 1 aliphatic rings. The van der Waals surface area contributed by atoms with Crippen molar-refractivity contribution in [2.24, 2.45) is 5.92 Å². The minimum Gasteiger partial charge on any atom is -0.465 e. The molecular weight excluding hydrogens is 1280 g/mol. The van der Waals surface area contributed by atoms with Gasteiger partial charge in [-0.15, -0.1) is 11.6 Å². The van der Waals surface area contributed by atoms with Crippen molar-refractivity contribution in [3.8, 4) is 5.75 Å². The standard InChI is InChI=1S/C16H15NO3.C13H17NO3.2C11H13NO3.C8H15NO.C8H9NO.C2H3F3.CH3Cl.3CH4/c1-11-10-13(8-9-15(11)17-12(2)18)16(19)20-14-6-4-3-5-7-14;1-8(2)17-13(16)10-5-6-11(9(3)7-10)12(15)14-4;2*1-7-6-8(11(14)15-3)4-5-9(7)10(13)12-2;2*1-9-8(10)7-5-3-2-4-6-7;1-2(3,4)5;1-2;;;/h3-10H,1-2H3,(H,17,18);5-8H,1-4H3,(H,14,15);2*4-6H,1-3H3,(H,12,13);7H,2-6H2,1H3,(H,9,10);2-6H,1H3,(H,9,10);1H3;1H3;3*1H4. The highest BCUT2D eigenvalue weighted by atomic mass is 35.5. The van der Waals surface area contributed by atoms with Crippen LogP contribution in [0.1, 0.15) is 187 Å². The van der Waals surface area contributed by atoms with Gasteiger partial charge in [0.1, 0.15) is 5.75 Å². The Morgan fingerprint density at radius 2 is 0.804 bits per heavy atom. The molecule has 97 heavy (non-hydrogen) atoms. The lowest BCUT2D eigenvalue weighted by molar-refractivity contribution is -0.125. The van der Waals surface area contributed by atoms with Crippen molar-refractivity contribution in [2.45, 2.75) is 122 Å². The molecule has 7 rings (SSSR count). The van der Waals surface area contributed by atoms with Gasteiger partial charge in [0.25, 0.3) is 23.6 Å². The van der Waals surface area contributed by atoms with E-state index in [-0.39, 0.29) is 76.7 Å². The number of aryl methyl sites for hydroxylation is 4. The average molecular weight is 1380 g/mol. The van der Waals surface area contributed by atoms with E-state index in [1.807, 2.05) is 31.2 Å². The van der Waals surface area contributed by atoms with Crippen LogP contribution >= 0.6 is 11.6 Å². The van der Waals surface area contributed by atoms with Gasteiger partial charge in [0.05, 0.1) is 42.6 Å². The van der Waals surface area contributed by atoms with E-state index in [9.17, 15) is 61.1 Å². The number of anilines is 1. The lowest BCUT2D eigenvalue weighted by Gasteiger charge is -2.19. The number of carbonyl (C=O) groups is 10. The quantitative estimate of drug-likeness (QED) is 0.0288. The smallest absolute Gasteiger partial charge is 0.386 e. The highest BCUT2D eigenvalue weighted by Crippen LogP contribution is 2.24. The first-order valence-electron chi connectivity index (χ1n) is 29.3. The van der Waals surface area contributed by atoms with Gasteiger partial charge in [0, 0.05) is 89.3 Å². The van der Waals surface area contributed by atoms with Gasteiger partial charge in [-0.1, -0.05) is 77.9 Å². The second kappa shape index (κ2) is 50.5. The molecule has 0 atom stereocenters. The molecule has 534 valence electrons. The van der Waals surface area contributed by atoms with Crippen LogP contribution in [0, 0.1) is 33.6 Å². The summed E-state index contributed by atoms with van der Waals surface area (Å²) < 4.78 is 50.5. The van der Waals surface area contributed by atoms with Gasteiger partial charge in [-0.25, -0.2) is 19.2 Å². The molecule has 0 bridgehead atoms.